The van der Waals surface area contributed by atoms with Gasteiger partial charge >= 0.3 is 0 Å². The molecule has 0 atom stereocenters. The number of rotatable bonds is 2. The molecule has 0 unspecified atom stereocenters. The predicted octanol–water partition coefficient (Wildman–Crippen LogP) is 10.4. The molecule has 0 N–H and O–H groups in total. The molecule has 0 aliphatic carbocycles. The lowest BCUT2D eigenvalue weighted by molar-refractivity contribution is 0.483. The Hall–Kier alpha value is -6.91. The third-order valence-electron chi connectivity index (χ3n) is 14.1. The zero-order chi connectivity index (χ0) is 41.8. The van der Waals surface area contributed by atoms with E-state index < -0.39 is 0 Å². The van der Waals surface area contributed by atoms with Gasteiger partial charge in [0, 0.05) is 62.2 Å². The largest absolute Gasteiger partial charge is 0.458 e. The molecule has 0 amide bonds. The molecular weight excluding hydrogens is 752 g/mol. The van der Waals surface area contributed by atoms with Crippen molar-refractivity contribution < 1.29 is 4.74 Å². The first-order chi connectivity index (χ1) is 30.0. The zero-order valence-electron chi connectivity index (χ0n) is 36.0. The number of anilines is 6. The van der Waals surface area contributed by atoms with Crippen LogP contribution in [0.3, 0.4) is 0 Å². The summed E-state index contributed by atoms with van der Waals surface area (Å²) >= 11 is 0. The van der Waals surface area contributed by atoms with E-state index in [9.17, 15) is 0 Å². The second kappa shape index (κ2) is 12.4. The molecule has 6 heteroatoms. The lowest BCUT2D eigenvalue weighted by Crippen LogP contribution is -2.64. The van der Waals surface area contributed by atoms with Gasteiger partial charge in [0.25, 0.3) is 13.4 Å². The van der Waals surface area contributed by atoms with Crippen LogP contribution in [0.1, 0.15) is 52.7 Å². The molecule has 13 rings (SSSR count). The normalized spacial score (nSPS) is 14.3. The number of benzene rings is 8. The van der Waals surface area contributed by atoms with E-state index in [1.54, 1.807) is 0 Å². The van der Waals surface area contributed by atoms with E-state index in [4.69, 9.17) is 4.74 Å². The number of para-hydroxylation sites is 5. The van der Waals surface area contributed by atoms with Gasteiger partial charge in [0.15, 0.2) is 0 Å². The molecule has 4 nitrogen and oxygen atoms in total. The van der Waals surface area contributed by atoms with Gasteiger partial charge in [-0.05, 0) is 115 Å². The summed E-state index contributed by atoms with van der Waals surface area (Å²) in [7, 11) is 0. The van der Waals surface area contributed by atoms with Gasteiger partial charge in [-0.2, -0.15) is 0 Å². The number of hydrogen-bond acceptors (Lipinski definition) is 3. The van der Waals surface area contributed by atoms with Gasteiger partial charge in [-0.15, -0.1) is 0 Å². The summed E-state index contributed by atoms with van der Waals surface area (Å²) in [4.78, 5) is 5.03. The second-order valence-corrected chi connectivity index (χ2v) is 19.7. The molecule has 0 spiro atoms. The minimum atomic E-state index is -0.0986. The lowest BCUT2D eigenvalue weighted by Gasteiger charge is -2.45. The molecule has 1 aromatic heterocycles. The zero-order valence-corrected chi connectivity index (χ0v) is 36.0. The molecule has 0 saturated carbocycles. The Morgan fingerprint density at radius 3 is 1.68 bits per heavy atom. The fourth-order valence-corrected chi connectivity index (χ4v) is 11.2. The van der Waals surface area contributed by atoms with Gasteiger partial charge in [0.05, 0.1) is 5.52 Å². The smallest absolute Gasteiger partial charge is 0.256 e. The molecule has 9 aromatic rings. The van der Waals surface area contributed by atoms with E-state index >= 15 is 0 Å². The van der Waals surface area contributed by atoms with E-state index in [-0.39, 0.29) is 24.3 Å². The number of ether oxygens (including phenoxy) is 1. The summed E-state index contributed by atoms with van der Waals surface area (Å²) in [5, 5.41) is 2.58. The van der Waals surface area contributed by atoms with Crippen LogP contribution < -0.4 is 47.3 Å². The molecule has 0 bridgehead atoms. The average Bonchev–Trinajstić information content (AvgIpc) is 3.62. The van der Waals surface area contributed by atoms with Crippen LogP contribution in [-0.4, -0.2) is 18.0 Å². The lowest BCUT2D eigenvalue weighted by atomic mass is 9.30. The van der Waals surface area contributed by atoms with Gasteiger partial charge < -0.3 is 19.1 Å². The molecule has 0 radical (unpaired) electrons. The molecule has 8 aromatic carbocycles. The molecule has 0 saturated heterocycles. The fraction of sp³-hybridized carbons (Fsp3) is 0.143. The summed E-state index contributed by atoms with van der Waals surface area (Å²) in [6.45, 7) is 13.9. The van der Waals surface area contributed by atoms with Crippen LogP contribution in [-0.2, 0) is 10.8 Å². The maximum absolute atomic E-state index is 7.38. The van der Waals surface area contributed by atoms with Gasteiger partial charge in [-0.3, -0.25) is 0 Å². The number of aromatic nitrogens is 1. The summed E-state index contributed by atoms with van der Waals surface area (Å²) in [6.07, 6.45) is 0. The van der Waals surface area contributed by atoms with Crippen molar-refractivity contribution in [3.05, 3.63) is 175 Å². The Morgan fingerprint density at radius 2 is 0.968 bits per heavy atom. The number of hydrogen-bond donors (Lipinski definition) is 0. The molecular formula is C56H45B2N3O. The van der Waals surface area contributed by atoms with E-state index in [0.29, 0.717) is 0 Å². The Balaban J connectivity index is 1.15. The van der Waals surface area contributed by atoms with E-state index in [1.165, 1.54) is 88.5 Å². The highest BCUT2D eigenvalue weighted by Crippen LogP contribution is 2.47. The Bertz CT molecular complexity index is 3380. The highest BCUT2D eigenvalue weighted by Gasteiger charge is 2.47. The number of nitrogens with zero attached hydrogens (tertiary/aromatic N) is 3. The quantitative estimate of drug-likeness (QED) is 0.163. The Labute approximate surface area is 364 Å². The molecule has 5 heterocycles. The summed E-state index contributed by atoms with van der Waals surface area (Å²) in [5.74, 6) is 1.87. The Morgan fingerprint density at radius 1 is 0.403 bits per heavy atom. The second-order valence-electron chi connectivity index (χ2n) is 19.7. The third kappa shape index (κ3) is 4.81. The monoisotopic (exact) mass is 797 g/mol. The highest BCUT2D eigenvalue weighted by molar-refractivity contribution is 7.02. The van der Waals surface area contributed by atoms with Crippen molar-refractivity contribution in [2.24, 2.45) is 0 Å². The van der Waals surface area contributed by atoms with Gasteiger partial charge in [0.1, 0.15) is 11.5 Å². The van der Waals surface area contributed by atoms with Crippen LogP contribution >= 0.6 is 0 Å². The maximum Gasteiger partial charge on any atom is 0.256 e. The van der Waals surface area contributed by atoms with Crippen molar-refractivity contribution >= 4 is 102 Å². The molecule has 4 aliphatic heterocycles. The predicted molar refractivity (Wildman–Crippen MR) is 263 cm³/mol. The van der Waals surface area contributed by atoms with E-state index in [1.807, 2.05) is 0 Å². The minimum absolute atomic E-state index is 0.0135. The van der Waals surface area contributed by atoms with Crippen molar-refractivity contribution in [3.8, 4) is 17.2 Å². The van der Waals surface area contributed by atoms with Crippen LogP contribution in [0.15, 0.2) is 164 Å². The SMILES string of the molecule is CC(C)(C)c1cc2c3c(c1)N(c1ccccc1)c1cc4c(cc1B3c1ccccc1N2c1ccccc1)B1c2c(cc(C(C)(C)C)cc2-n2c3ccccc3c3cccc1c32)O4. The standard InChI is InChI=1S/C56H45B2N3O/c1-55(2,3)34-28-47-52-48(29-34)60(37-20-11-8-12-21-37)46-33-50-43(32-42(46)57(52)40-24-14-16-27-45(40)59(47)36-18-9-7-10-19-36)58-41-25-17-23-39-38-22-13-15-26-44(38)61(54(39)41)49-30-35(56(4,5)6)31-51(62-50)53(49)58/h7-33H,1-6H3. The van der Waals surface area contributed by atoms with Gasteiger partial charge in [0.2, 0.25) is 0 Å². The summed E-state index contributed by atoms with van der Waals surface area (Å²) in [5.41, 5.74) is 21.0. The minimum Gasteiger partial charge on any atom is -0.458 e. The first-order valence-corrected chi connectivity index (χ1v) is 22.1. The van der Waals surface area contributed by atoms with Crippen LogP contribution in [0, 0.1) is 0 Å². The topological polar surface area (TPSA) is 20.6 Å². The average molecular weight is 798 g/mol. The van der Waals surface area contributed by atoms with Gasteiger partial charge in [-0.25, -0.2) is 0 Å². The van der Waals surface area contributed by atoms with Crippen molar-refractivity contribution in [1.29, 1.82) is 0 Å². The van der Waals surface area contributed by atoms with Crippen LogP contribution in [0.25, 0.3) is 27.5 Å². The summed E-state index contributed by atoms with van der Waals surface area (Å²) in [6, 6.07) is 61.4. The molecule has 62 heavy (non-hydrogen) atoms. The van der Waals surface area contributed by atoms with Gasteiger partial charge in [-0.1, -0.05) is 139 Å². The van der Waals surface area contributed by atoms with Crippen LogP contribution in [0.2, 0.25) is 0 Å². The highest BCUT2D eigenvalue weighted by atomic mass is 16.5. The number of fused-ring (bicyclic) bond motifs is 11. The molecule has 296 valence electrons. The van der Waals surface area contributed by atoms with E-state index in [2.05, 4.69) is 220 Å². The first-order valence-electron chi connectivity index (χ1n) is 22.1. The molecule has 4 aliphatic rings. The third-order valence-corrected chi connectivity index (χ3v) is 14.1. The van der Waals surface area contributed by atoms with Crippen molar-refractivity contribution in [3.63, 3.8) is 0 Å². The van der Waals surface area contributed by atoms with Crippen LogP contribution in [0.4, 0.5) is 34.1 Å². The van der Waals surface area contributed by atoms with Crippen LogP contribution in [0.5, 0.6) is 11.5 Å². The maximum atomic E-state index is 7.38. The summed E-state index contributed by atoms with van der Waals surface area (Å²) < 4.78 is 9.91. The first kappa shape index (κ1) is 35.8. The Kier molecular flexibility index (Phi) is 7.13. The fourth-order valence-electron chi connectivity index (χ4n) is 11.2. The molecule has 0 fully saturated rings. The van der Waals surface area contributed by atoms with Crippen molar-refractivity contribution in [1.82, 2.24) is 4.57 Å². The van der Waals surface area contributed by atoms with Crippen molar-refractivity contribution in [2.75, 3.05) is 9.80 Å². The van der Waals surface area contributed by atoms with E-state index in [0.717, 1.165) is 28.6 Å². The van der Waals surface area contributed by atoms with Crippen molar-refractivity contribution in [2.45, 2.75) is 52.4 Å².